The largest absolute Gasteiger partial charge is 0.455 e. The molecule has 0 aromatic heterocycles. The molecule has 4 atom stereocenters. The zero-order valence-electron chi connectivity index (χ0n) is 13.5. The Morgan fingerprint density at radius 2 is 1.12 bits per heavy atom. The number of fused-ring (bicyclic) bond motifs is 1. The highest BCUT2D eigenvalue weighted by Crippen LogP contribution is 2.39. The zero-order chi connectivity index (χ0) is 17.2. The summed E-state index contributed by atoms with van der Waals surface area (Å²) in [5, 5.41) is 0. The topological polar surface area (TPSA) is 65.1 Å². The van der Waals surface area contributed by atoms with Gasteiger partial charge in [-0.3, -0.25) is 0 Å². The molecule has 5 heteroatoms. The second-order valence-corrected chi connectivity index (χ2v) is 6.30. The highest BCUT2D eigenvalue weighted by Gasteiger charge is 2.51. The van der Waals surface area contributed by atoms with Gasteiger partial charge in [-0.2, -0.15) is 0 Å². The Morgan fingerprint density at radius 1 is 0.720 bits per heavy atom. The van der Waals surface area contributed by atoms with Crippen molar-refractivity contribution in [3.05, 3.63) is 71.8 Å². The molecular formula is C20H18O5. The summed E-state index contributed by atoms with van der Waals surface area (Å²) in [6.07, 6.45) is 0.306. The SMILES string of the molecule is O=C(O[C@H]1C[C@@H]2O[C@@H]2C[C@H]1OC(=O)c1ccccc1)c1ccccc1. The molecule has 1 heterocycles. The minimum absolute atomic E-state index is 0.0975. The molecular weight excluding hydrogens is 320 g/mol. The first-order chi connectivity index (χ1) is 12.2. The van der Waals surface area contributed by atoms with Gasteiger partial charge in [0.05, 0.1) is 23.3 Å². The Labute approximate surface area is 145 Å². The van der Waals surface area contributed by atoms with E-state index in [0.717, 1.165) is 0 Å². The molecule has 25 heavy (non-hydrogen) atoms. The molecule has 0 amide bonds. The van der Waals surface area contributed by atoms with Gasteiger partial charge in [0.1, 0.15) is 12.2 Å². The minimum Gasteiger partial charge on any atom is -0.455 e. The molecule has 1 aliphatic heterocycles. The van der Waals surface area contributed by atoms with Crippen LogP contribution in [0.4, 0.5) is 0 Å². The van der Waals surface area contributed by atoms with Crippen LogP contribution >= 0.6 is 0 Å². The quantitative estimate of drug-likeness (QED) is 0.633. The average molecular weight is 338 g/mol. The second-order valence-electron chi connectivity index (χ2n) is 6.30. The van der Waals surface area contributed by atoms with Crippen molar-refractivity contribution in [3.63, 3.8) is 0 Å². The third-order valence-electron chi connectivity index (χ3n) is 4.57. The van der Waals surface area contributed by atoms with Gasteiger partial charge in [-0.15, -0.1) is 0 Å². The van der Waals surface area contributed by atoms with Crippen molar-refractivity contribution < 1.29 is 23.8 Å². The van der Waals surface area contributed by atoms with Gasteiger partial charge >= 0.3 is 11.9 Å². The molecule has 1 saturated carbocycles. The molecule has 2 aliphatic rings. The van der Waals surface area contributed by atoms with Crippen molar-refractivity contribution in [3.8, 4) is 0 Å². The van der Waals surface area contributed by atoms with E-state index in [1.54, 1.807) is 48.5 Å². The van der Waals surface area contributed by atoms with E-state index in [9.17, 15) is 9.59 Å². The number of carbonyl (C=O) groups excluding carboxylic acids is 2. The number of esters is 2. The second kappa shape index (κ2) is 6.69. The number of hydrogen-bond donors (Lipinski definition) is 0. The van der Waals surface area contributed by atoms with Crippen LogP contribution < -0.4 is 0 Å². The van der Waals surface area contributed by atoms with Gasteiger partial charge < -0.3 is 14.2 Å². The third-order valence-corrected chi connectivity index (χ3v) is 4.57. The van der Waals surface area contributed by atoms with Crippen molar-refractivity contribution in [1.29, 1.82) is 0 Å². The zero-order valence-corrected chi connectivity index (χ0v) is 13.5. The van der Waals surface area contributed by atoms with Crippen LogP contribution in [0.5, 0.6) is 0 Å². The first kappa shape index (κ1) is 15.8. The number of ether oxygens (including phenoxy) is 3. The van der Waals surface area contributed by atoms with Crippen LogP contribution in [0, 0.1) is 0 Å². The summed E-state index contributed by atoms with van der Waals surface area (Å²) < 4.78 is 16.8. The van der Waals surface area contributed by atoms with Gasteiger partial charge in [-0.25, -0.2) is 9.59 Å². The fraction of sp³-hybridized carbons (Fsp3) is 0.300. The molecule has 0 spiro atoms. The van der Waals surface area contributed by atoms with E-state index in [1.807, 2.05) is 12.1 Å². The monoisotopic (exact) mass is 338 g/mol. The predicted molar refractivity (Wildman–Crippen MR) is 89.2 cm³/mol. The molecule has 1 aliphatic carbocycles. The number of benzene rings is 2. The normalized spacial score (nSPS) is 27.0. The number of hydrogen-bond acceptors (Lipinski definition) is 5. The first-order valence-electron chi connectivity index (χ1n) is 8.38. The number of epoxide rings is 1. The Balaban J connectivity index is 1.45. The van der Waals surface area contributed by atoms with Crippen LogP contribution in [-0.4, -0.2) is 36.4 Å². The highest BCUT2D eigenvalue weighted by molar-refractivity contribution is 5.90. The molecule has 2 fully saturated rings. The van der Waals surface area contributed by atoms with E-state index < -0.39 is 24.1 Å². The molecule has 0 unspecified atom stereocenters. The van der Waals surface area contributed by atoms with Gasteiger partial charge in [-0.05, 0) is 24.3 Å². The first-order valence-corrected chi connectivity index (χ1v) is 8.38. The lowest BCUT2D eigenvalue weighted by molar-refractivity contribution is -0.0466. The molecule has 128 valence electrons. The lowest BCUT2D eigenvalue weighted by atomic mass is 9.94. The molecule has 2 aromatic carbocycles. The van der Waals surface area contributed by atoms with E-state index in [-0.39, 0.29) is 12.2 Å². The lowest BCUT2D eigenvalue weighted by Gasteiger charge is -2.28. The standard InChI is InChI=1S/C20H18O5/c21-19(13-7-3-1-4-8-13)24-17-11-15-16(23-15)12-18(17)25-20(22)14-9-5-2-6-10-14/h1-10,15-18H,11-12H2/t15-,16+,17-,18+. The van der Waals surface area contributed by atoms with Gasteiger partial charge in [0.25, 0.3) is 0 Å². The maximum atomic E-state index is 12.3. The van der Waals surface area contributed by atoms with E-state index in [1.165, 1.54) is 0 Å². The van der Waals surface area contributed by atoms with Gasteiger partial charge in [-0.1, -0.05) is 36.4 Å². The van der Waals surface area contributed by atoms with Crippen LogP contribution in [0.2, 0.25) is 0 Å². The third kappa shape index (κ3) is 3.56. The van der Waals surface area contributed by atoms with Crippen LogP contribution in [0.25, 0.3) is 0 Å². The van der Waals surface area contributed by atoms with E-state index >= 15 is 0 Å². The minimum atomic E-state index is -0.496. The fourth-order valence-electron chi connectivity index (χ4n) is 3.16. The summed E-state index contributed by atoms with van der Waals surface area (Å²) in [6.45, 7) is 0. The van der Waals surface area contributed by atoms with Gasteiger partial charge in [0, 0.05) is 12.8 Å². The molecule has 0 N–H and O–H groups in total. The summed E-state index contributed by atoms with van der Waals surface area (Å²) in [7, 11) is 0. The Hall–Kier alpha value is -2.66. The van der Waals surface area contributed by atoms with E-state index in [2.05, 4.69) is 0 Å². The summed E-state index contributed by atoms with van der Waals surface area (Å²) in [5.74, 6) is -0.823. The van der Waals surface area contributed by atoms with Crippen molar-refractivity contribution >= 4 is 11.9 Å². The highest BCUT2D eigenvalue weighted by atomic mass is 16.6. The Bertz CT molecular complexity index is 693. The van der Waals surface area contributed by atoms with Crippen LogP contribution in [0.1, 0.15) is 33.6 Å². The summed E-state index contributed by atoms with van der Waals surface area (Å²) >= 11 is 0. The summed E-state index contributed by atoms with van der Waals surface area (Å²) in [6, 6.07) is 17.6. The van der Waals surface area contributed by atoms with Crippen molar-refractivity contribution in [1.82, 2.24) is 0 Å². The maximum absolute atomic E-state index is 12.3. The molecule has 0 radical (unpaired) electrons. The smallest absolute Gasteiger partial charge is 0.338 e. The average Bonchev–Trinajstić information content (AvgIpc) is 3.41. The van der Waals surface area contributed by atoms with Crippen LogP contribution in [0.3, 0.4) is 0 Å². The number of rotatable bonds is 4. The van der Waals surface area contributed by atoms with Crippen LogP contribution in [-0.2, 0) is 14.2 Å². The van der Waals surface area contributed by atoms with Gasteiger partial charge in [0.15, 0.2) is 0 Å². The maximum Gasteiger partial charge on any atom is 0.338 e. The Kier molecular flexibility index (Phi) is 4.24. The van der Waals surface area contributed by atoms with Crippen molar-refractivity contribution in [2.75, 3.05) is 0 Å². The molecule has 4 rings (SSSR count). The molecule has 1 saturated heterocycles. The molecule has 2 aromatic rings. The Morgan fingerprint density at radius 3 is 1.52 bits per heavy atom. The summed E-state index contributed by atoms with van der Waals surface area (Å²) in [5.41, 5.74) is 0.962. The predicted octanol–water partition coefficient (Wildman–Crippen LogP) is 3.00. The lowest BCUT2D eigenvalue weighted by Crippen LogP contribution is -2.40. The number of carbonyl (C=O) groups is 2. The van der Waals surface area contributed by atoms with Crippen LogP contribution in [0.15, 0.2) is 60.7 Å². The van der Waals surface area contributed by atoms with Gasteiger partial charge in [0.2, 0.25) is 0 Å². The molecule has 0 bridgehead atoms. The van der Waals surface area contributed by atoms with Crippen molar-refractivity contribution in [2.24, 2.45) is 0 Å². The van der Waals surface area contributed by atoms with E-state index in [4.69, 9.17) is 14.2 Å². The molecule has 5 nitrogen and oxygen atoms in total. The fourth-order valence-corrected chi connectivity index (χ4v) is 3.16. The summed E-state index contributed by atoms with van der Waals surface area (Å²) in [4.78, 5) is 24.7. The van der Waals surface area contributed by atoms with E-state index in [0.29, 0.717) is 24.0 Å². The van der Waals surface area contributed by atoms with Crippen molar-refractivity contribution in [2.45, 2.75) is 37.3 Å².